The predicted molar refractivity (Wildman–Crippen MR) is 127 cm³/mol. The number of benzene rings is 4. The summed E-state index contributed by atoms with van der Waals surface area (Å²) in [4.78, 5) is 0. The Balaban J connectivity index is 1.96. The quantitative estimate of drug-likeness (QED) is 0.327. The van der Waals surface area contributed by atoms with Crippen LogP contribution in [0.25, 0.3) is 38.6 Å². The van der Waals surface area contributed by atoms with Crippen LogP contribution >= 0.6 is 0 Å². The van der Waals surface area contributed by atoms with Crippen molar-refractivity contribution in [3.8, 4) is 28.6 Å². The molecule has 3 nitrogen and oxygen atoms in total. The molecule has 0 aliphatic heterocycles. The second-order valence-electron chi connectivity index (χ2n) is 7.91. The Morgan fingerprint density at radius 2 is 1.52 bits per heavy atom. The van der Waals surface area contributed by atoms with Crippen molar-refractivity contribution in [1.82, 2.24) is 4.57 Å². The number of nitriles is 1. The van der Waals surface area contributed by atoms with E-state index in [4.69, 9.17) is 4.74 Å². The number of fused-ring (bicyclic) bond motifs is 3. The molecule has 0 spiro atoms. The van der Waals surface area contributed by atoms with Crippen molar-refractivity contribution in [1.29, 1.82) is 5.26 Å². The molecule has 31 heavy (non-hydrogen) atoms. The first-order valence-corrected chi connectivity index (χ1v) is 10.3. The Hall–Kier alpha value is -4.03. The van der Waals surface area contributed by atoms with Gasteiger partial charge in [0, 0.05) is 16.3 Å². The Labute approximate surface area is 181 Å². The van der Waals surface area contributed by atoms with E-state index in [2.05, 4.69) is 66.9 Å². The maximum Gasteiger partial charge on any atom is 0.119 e. The minimum absolute atomic E-state index is 0.665. The van der Waals surface area contributed by atoms with Crippen LogP contribution < -0.4 is 4.74 Å². The third kappa shape index (κ3) is 3.05. The summed E-state index contributed by atoms with van der Waals surface area (Å²) in [6.45, 7) is 4.20. The Kier molecular flexibility index (Phi) is 4.49. The van der Waals surface area contributed by atoms with Crippen molar-refractivity contribution in [3.63, 3.8) is 0 Å². The summed E-state index contributed by atoms with van der Waals surface area (Å²) in [5.41, 5.74) is 8.44. The highest BCUT2D eigenvalue weighted by Crippen LogP contribution is 2.39. The predicted octanol–water partition coefficient (Wildman–Crippen LogP) is 6.95. The van der Waals surface area contributed by atoms with E-state index < -0.39 is 0 Å². The molecule has 5 aromatic rings. The van der Waals surface area contributed by atoms with Gasteiger partial charge in [0.25, 0.3) is 0 Å². The average Bonchev–Trinajstić information content (AvgIpc) is 3.11. The number of ether oxygens (including phenoxy) is 1. The first kappa shape index (κ1) is 19.0. The molecule has 0 bridgehead atoms. The minimum Gasteiger partial charge on any atom is -0.497 e. The highest BCUT2D eigenvalue weighted by molar-refractivity contribution is 6.10. The number of rotatable bonds is 3. The van der Waals surface area contributed by atoms with Crippen LogP contribution in [0.15, 0.2) is 78.9 Å². The van der Waals surface area contributed by atoms with Gasteiger partial charge in [-0.2, -0.15) is 5.26 Å². The fraction of sp³-hybridized carbons (Fsp3) is 0.107. The zero-order chi connectivity index (χ0) is 21.5. The molecule has 0 amide bonds. The van der Waals surface area contributed by atoms with Gasteiger partial charge in [-0.05, 0) is 67.4 Å². The Bertz CT molecular complexity index is 1490. The van der Waals surface area contributed by atoms with Gasteiger partial charge in [-0.15, -0.1) is 0 Å². The van der Waals surface area contributed by atoms with Crippen LogP contribution in [0.3, 0.4) is 0 Å². The van der Waals surface area contributed by atoms with Crippen LogP contribution in [0.2, 0.25) is 0 Å². The van der Waals surface area contributed by atoms with Gasteiger partial charge in [-0.25, -0.2) is 0 Å². The molecule has 1 heterocycles. The number of aryl methyl sites for hydroxylation is 2. The molecular weight excluding hydrogens is 380 g/mol. The maximum absolute atomic E-state index is 9.62. The molecule has 0 saturated heterocycles. The molecule has 0 unspecified atom stereocenters. The topological polar surface area (TPSA) is 38.0 Å². The first-order valence-electron chi connectivity index (χ1n) is 10.3. The summed E-state index contributed by atoms with van der Waals surface area (Å²) in [6, 6.07) is 29.4. The summed E-state index contributed by atoms with van der Waals surface area (Å²) < 4.78 is 7.84. The van der Waals surface area contributed by atoms with Crippen LogP contribution in [0.1, 0.15) is 16.7 Å². The molecule has 5 rings (SSSR count). The van der Waals surface area contributed by atoms with Crippen LogP contribution in [0.4, 0.5) is 0 Å². The molecule has 0 aliphatic carbocycles. The zero-order valence-corrected chi connectivity index (χ0v) is 17.8. The van der Waals surface area contributed by atoms with E-state index in [0.717, 1.165) is 44.5 Å². The first-order chi connectivity index (χ1) is 15.1. The second kappa shape index (κ2) is 7.34. The molecular formula is C28H22N2O. The molecule has 3 heteroatoms. The van der Waals surface area contributed by atoms with Gasteiger partial charge in [0.15, 0.2) is 0 Å². The molecule has 0 aliphatic rings. The number of nitrogens with zero attached hydrogens (tertiary/aromatic N) is 2. The summed E-state index contributed by atoms with van der Waals surface area (Å²) in [5.74, 6) is 0.841. The normalized spacial score (nSPS) is 11.0. The van der Waals surface area contributed by atoms with Crippen molar-refractivity contribution >= 4 is 21.8 Å². The molecule has 0 atom stereocenters. The van der Waals surface area contributed by atoms with Gasteiger partial charge in [0.05, 0.1) is 35.5 Å². The fourth-order valence-electron chi connectivity index (χ4n) is 4.46. The smallest absolute Gasteiger partial charge is 0.119 e. The zero-order valence-electron chi connectivity index (χ0n) is 17.8. The average molecular weight is 402 g/mol. The standard InChI is InChI=1S/C28H22N2O/c1-18-9-11-26-24(13-18)25-16-22(31-3)10-12-27(25)30(26)28-19(2)14-20(17-29)15-23(28)21-7-5-4-6-8-21/h4-16H,1-3H3. The van der Waals surface area contributed by atoms with E-state index in [1.807, 2.05) is 36.4 Å². The van der Waals surface area contributed by atoms with E-state index in [9.17, 15) is 5.26 Å². The van der Waals surface area contributed by atoms with Crippen molar-refractivity contribution in [2.45, 2.75) is 13.8 Å². The van der Waals surface area contributed by atoms with Gasteiger partial charge < -0.3 is 9.30 Å². The number of aromatic nitrogens is 1. The summed E-state index contributed by atoms with van der Waals surface area (Å²) in [5, 5.41) is 12.0. The lowest BCUT2D eigenvalue weighted by molar-refractivity contribution is 0.415. The summed E-state index contributed by atoms with van der Waals surface area (Å²) in [7, 11) is 1.70. The van der Waals surface area contributed by atoms with Crippen LogP contribution in [-0.4, -0.2) is 11.7 Å². The molecule has 1 aromatic heterocycles. The van der Waals surface area contributed by atoms with Gasteiger partial charge in [-0.1, -0.05) is 42.0 Å². The number of hydrogen-bond donors (Lipinski definition) is 0. The van der Waals surface area contributed by atoms with Crippen LogP contribution in [0.5, 0.6) is 5.75 Å². The summed E-state index contributed by atoms with van der Waals surface area (Å²) >= 11 is 0. The van der Waals surface area contributed by atoms with Crippen molar-refractivity contribution in [3.05, 3.63) is 95.6 Å². The van der Waals surface area contributed by atoms with Crippen molar-refractivity contribution < 1.29 is 4.74 Å². The third-order valence-electron chi connectivity index (χ3n) is 5.87. The lowest BCUT2D eigenvalue weighted by atomic mass is 9.97. The second-order valence-corrected chi connectivity index (χ2v) is 7.91. The summed E-state index contributed by atoms with van der Waals surface area (Å²) in [6.07, 6.45) is 0. The molecule has 0 saturated carbocycles. The number of methoxy groups -OCH3 is 1. The molecule has 0 fully saturated rings. The molecule has 150 valence electrons. The van der Waals surface area contributed by atoms with Gasteiger partial charge in [-0.3, -0.25) is 0 Å². The molecule has 0 radical (unpaired) electrons. The fourth-order valence-corrected chi connectivity index (χ4v) is 4.46. The Morgan fingerprint density at radius 1 is 0.806 bits per heavy atom. The molecule has 4 aromatic carbocycles. The van der Waals surface area contributed by atoms with E-state index in [1.165, 1.54) is 10.9 Å². The van der Waals surface area contributed by atoms with E-state index >= 15 is 0 Å². The maximum atomic E-state index is 9.62. The number of hydrogen-bond acceptors (Lipinski definition) is 2. The third-order valence-corrected chi connectivity index (χ3v) is 5.87. The van der Waals surface area contributed by atoms with E-state index in [0.29, 0.717) is 5.56 Å². The van der Waals surface area contributed by atoms with Crippen LogP contribution in [-0.2, 0) is 0 Å². The lowest BCUT2D eigenvalue weighted by Gasteiger charge is -2.17. The lowest BCUT2D eigenvalue weighted by Crippen LogP contribution is -2.01. The van der Waals surface area contributed by atoms with Gasteiger partial charge in [0.1, 0.15) is 5.75 Å². The minimum atomic E-state index is 0.665. The van der Waals surface area contributed by atoms with Crippen LogP contribution in [0, 0.1) is 25.2 Å². The molecule has 0 N–H and O–H groups in total. The van der Waals surface area contributed by atoms with E-state index in [1.54, 1.807) is 7.11 Å². The monoisotopic (exact) mass is 402 g/mol. The van der Waals surface area contributed by atoms with Gasteiger partial charge >= 0.3 is 0 Å². The SMILES string of the molecule is COc1ccc2c(c1)c1cc(C)ccc1n2-c1c(C)cc(C#N)cc1-c1ccccc1. The van der Waals surface area contributed by atoms with E-state index in [-0.39, 0.29) is 0 Å². The highest BCUT2D eigenvalue weighted by Gasteiger charge is 2.19. The largest absolute Gasteiger partial charge is 0.497 e. The van der Waals surface area contributed by atoms with Gasteiger partial charge in [0.2, 0.25) is 0 Å². The Morgan fingerprint density at radius 3 is 2.23 bits per heavy atom. The van der Waals surface area contributed by atoms with Crippen molar-refractivity contribution in [2.75, 3.05) is 7.11 Å². The highest BCUT2D eigenvalue weighted by atomic mass is 16.5. The van der Waals surface area contributed by atoms with Crippen molar-refractivity contribution in [2.24, 2.45) is 0 Å².